The number of hydrogen-bond donors (Lipinski definition) is 0. The van der Waals surface area contributed by atoms with Crippen LogP contribution in [0.4, 0.5) is 0 Å². The van der Waals surface area contributed by atoms with E-state index in [1.165, 1.54) is 0 Å². The Kier molecular flexibility index (Phi) is 5.15. The maximum absolute atomic E-state index is 4.80. The van der Waals surface area contributed by atoms with E-state index in [0.717, 1.165) is 43.3 Å². The van der Waals surface area contributed by atoms with Crippen LogP contribution >= 0.6 is 0 Å². The highest BCUT2D eigenvalue weighted by Gasteiger charge is 2.19. The largest absolute Gasteiger partial charge is 0.325 e. The van der Waals surface area contributed by atoms with E-state index in [-0.39, 0.29) is 6.04 Å². The standard InChI is InChI=1S/C16H27N5/c1-6-7-9-21-16(18-15(19-21)11-12(2)3)13(4)20-10-8-17-14(20)5/h8,10,12-13H,6-7,9,11H2,1-5H3/t13-/m0/s1. The first kappa shape index (κ1) is 15.7. The van der Waals surface area contributed by atoms with Crippen LogP contribution in [0, 0.1) is 12.8 Å². The van der Waals surface area contributed by atoms with Crippen molar-refractivity contribution in [2.24, 2.45) is 5.92 Å². The van der Waals surface area contributed by atoms with Gasteiger partial charge >= 0.3 is 0 Å². The molecule has 2 aromatic rings. The maximum Gasteiger partial charge on any atom is 0.151 e. The van der Waals surface area contributed by atoms with Gasteiger partial charge in [-0.1, -0.05) is 27.2 Å². The third-order valence-corrected chi connectivity index (χ3v) is 3.71. The minimum absolute atomic E-state index is 0.165. The summed E-state index contributed by atoms with van der Waals surface area (Å²) >= 11 is 0. The number of imidazole rings is 1. The van der Waals surface area contributed by atoms with Crippen LogP contribution in [-0.2, 0) is 13.0 Å². The Balaban J connectivity index is 2.30. The lowest BCUT2D eigenvalue weighted by molar-refractivity contribution is 0.488. The van der Waals surface area contributed by atoms with Gasteiger partial charge in [0.15, 0.2) is 5.82 Å². The van der Waals surface area contributed by atoms with Gasteiger partial charge in [-0.3, -0.25) is 0 Å². The summed E-state index contributed by atoms with van der Waals surface area (Å²) in [5.74, 6) is 3.59. The normalized spacial score (nSPS) is 13.0. The zero-order valence-corrected chi connectivity index (χ0v) is 13.9. The minimum Gasteiger partial charge on any atom is -0.325 e. The van der Waals surface area contributed by atoms with Crippen molar-refractivity contribution in [2.45, 2.75) is 66.5 Å². The minimum atomic E-state index is 0.165. The van der Waals surface area contributed by atoms with Gasteiger partial charge in [0.05, 0.1) is 6.04 Å². The Bertz CT molecular complexity index is 567. The van der Waals surface area contributed by atoms with Gasteiger partial charge in [0.25, 0.3) is 0 Å². The first-order valence-corrected chi connectivity index (χ1v) is 7.96. The molecule has 2 rings (SSSR count). The van der Waals surface area contributed by atoms with E-state index < -0.39 is 0 Å². The summed E-state index contributed by atoms with van der Waals surface area (Å²) in [4.78, 5) is 9.12. The molecular formula is C16H27N5. The highest BCUT2D eigenvalue weighted by atomic mass is 15.4. The molecule has 0 aromatic carbocycles. The first-order valence-electron chi connectivity index (χ1n) is 7.96. The van der Waals surface area contributed by atoms with Crippen molar-refractivity contribution in [2.75, 3.05) is 0 Å². The van der Waals surface area contributed by atoms with Crippen molar-refractivity contribution >= 4 is 0 Å². The Hall–Kier alpha value is -1.65. The molecule has 5 nitrogen and oxygen atoms in total. The van der Waals surface area contributed by atoms with E-state index in [0.29, 0.717) is 5.92 Å². The second kappa shape index (κ2) is 6.87. The molecule has 0 aliphatic heterocycles. The highest BCUT2D eigenvalue weighted by molar-refractivity contribution is 5.04. The van der Waals surface area contributed by atoms with Crippen molar-refractivity contribution in [3.05, 3.63) is 29.9 Å². The van der Waals surface area contributed by atoms with Gasteiger partial charge in [0.1, 0.15) is 11.6 Å². The van der Waals surface area contributed by atoms with E-state index in [2.05, 4.69) is 41.9 Å². The summed E-state index contributed by atoms with van der Waals surface area (Å²) in [5.41, 5.74) is 0. The maximum atomic E-state index is 4.80. The molecule has 0 fully saturated rings. The van der Waals surface area contributed by atoms with Gasteiger partial charge in [-0.25, -0.2) is 14.6 Å². The molecular weight excluding hydrogens is 262 g/mol. The van der Waals surface area contributed by atoms with Crippen LogP contribution in [-0.4, -0.2) is 24.3 Å². The fourth-order valence-electron chi connectivity index (χ4n) is 2.56. The molecule has 21 heavy (non-hydrogen) atoms. The van der Waals surface area contributed by atoms with Crippen LogP contribution < -0.4 is 0 Å². The molecule has 0 aliphatic rings. The lowest BCUT2D eigenvalue weighted by Crippen LogP contribution is -2.15. The molecule has 2 heterocycles. The van der Waals surface area contributed by atoms with Gasteiger partial charge in [-0.15, -0.1) is 0 Å². The van der Waals surface area contributed by atoms with Gasteiger partial charge < -0.3 is 4.57 Å². The number of rotatable bonds is 7. The topological polar surface area (TPSA) is 48.5 Å². The Morgan fingerprint density at radius 1 is 1.24 bits per heavy atom. The molecule has 0 bridgehead atoms. The number of aryl methyl sites for hydroxylation is 2. The molecule has 5 heteroatoms. The van der Waals surface area contributed by atoms with Crippen molar-refractivity contribution < 1.29 is 0 Å². The van der Waals surface area contributed by atoms with Crippen molar-refractivity contribution in [1.82, 2.24) is 24.3 Å². The molecule has 116 valence electrons. The molecule has 0 amide bonds. The molecule has 0 unspecified atom stereocenters. The first-order chi connectivity index (χ1) is 10.0. The van der Waals surface area contributed by atoms with Crippen LogP contribution in [0.15, 0.2) is 12.4 Å². The lowest BCUT2D eigenvalue weighted by atomic mass is 10.1. The predicted octanol–water partition coefficient (Wildman–Crippen LogP) is 3.39. The third-order valence-electron chi connectivity index (χ3n) is 3.71. The Morgan fingerprint density at radius 3 is 2.57 bits per heavy atom. The predicted molar refractivity (Wildman–Crippen MR) is 84.2 cm³/mol. The van der Waals surface area contributed by atoms with Gasteiger partial charge in [-0.2, -0.15) is 5.10 Å². The molecule has 2 aromatic heterocycles. The average molecular weight is 289 g/mol. The van der Waals surface area contributed by atoms with Crippen molar-refractivity contribution in [1.29, 1.82) is 0 Å². The third kappa shape index (κ3) is 3.71. The van der Waals surface area contributed by atoms with Crippen LogP contribution in [0.1, 0.15) is 64.1 Å². The molecule has 1 atom stereocenters. The number of aromatic nitrogens is 5. The van der Waals surface area contributed by atoms with E-state index in [9.17, 15) is 0 Å². The SMILES string of the molecule is CCCCn1nc(CC(C)C)nc1[C@H](C)n1ccnc1C. The average Bonchev–Trinajstić information content (AvgIpc) is 3.01. The molecule has 0 N–H and O–H groups in total. The summed E-state index contributed by atoms with van der Waals surface area (Å²) in [6.45, 7) is 11.7. The molecule has 0 radical (unpaired) electrons. The zero-order valence-electron chi connectivity index (χ0n) is 13.9. The fraction of sp³-hybridized carbons (Fsp3) is 0.688. The molecule has 0 aliphatic carbocycles. The second-order valence-electron chi connectivity index (χ2n) is 6.12. The van der Waals surface area contributed by atoms with Crippen molar-refractivity contribution in [3.8, 4) is 0 Å². The molecule has 0 saturated heterocycles. The van der Waals surface area contributed by atoms with Gasteiger partial charge in [0, 0.05) is 25.4 Å². The number of nitrogens with zero attached hydrogens (tertiary/aromatic N) is 5. The zero-order chi connectivity index (χ0) is 15.4. The van der Waals surface area contributed by atoms with E-state index in [1.54, 1.807) is 0 Å². The number of hydrogen-bond acceptors (Lipinski definition) is 3. The second-order valence-corrected chi connectivity index (χ2v) is 6.12. The lowest BCUT2D eigenvalue weighted by Gasteiger charge is -2.15. The van der Waals surface area contributed by atoms with Gasteiger partial charge in [-0.05, 0) is 26.2 Å². The summed E-state index contributed by atoms with van der Waals surface area (Å²) in [6.07, 6.45) is 7.08. The van der Waals surface area contributed by atoms with Gasteiger partial charge in [0.2, 0.25) is 0 Å². The molecule has 0 spiro atoms. The van der Waals surface area contributed by atoms with E-state index in [1.807, 2.05) is 19.3 Å². The number of unbranched alkanes of at least 4 members (excludes halogenated alkanes) is 1. The van der Waals surface area contributed by atoms with E-state index >= 15 is 0 Å². The summed E-state index contributed by atoms with van der Waals surface area (Å²) in [7, 11) is 0. The summed E-state index contributed by atoms with van der Waals surface area (Å²) < 4.78 is 4.25. The van der Waals surface area contributed by atoms with Crippen LogP contribution in [0.2, 0.25) is 0 Å². The molecule has 0 saturated carbocycles. The van der Waals surface area contributed by atoms with Crippen molar-refractivity contribution in [3.63, 3.8) is 0 Å². The Labute approximate surface area is 127 Å². The Morgan fingerprint density at radius 2 is 2.00 bits per heavy atom. The fourth-order valence-corrected chi connectivity index (χ4v) is 2.56. The summed E-state index contributed by atoms with van der Waals surface area (Å²) in [5, 5.41) is 4.72. The monoisotopic (exact) mass is 289 g/mol. The highest BCUT2D eigenvalue weighted by Crippen LogP contribution is 2.19. The van der Waals surface area contributed by atoms with E-state index in [4.69, 9.17) is 10.1 Å². The summed E-state index contributed by atoms with van der Waals surface area (Å²) in [6, 6.07) is 0.165. The van der Waals surface area contributed by atoms with Crippen LogP contribution in [0.5, 0.6) is 0 Å². The van der Waals surface area contributed by atoms with Crippen LogP contribution in [0.25, 0.3) is 0 Å². The van der Waals surface area contributed by atoms with Crippen LogP contribution in [0.3, 0.4) is 0 Å². The quantitative estimate of drug-likeness (QED) is 0.785. The smallest absolute Gasteiger partial charge is 0.151 e.